The Morgan fingerprint density at radius 2 is 1.80 bits per heavy atom. The molecule has 1 aliphatic carbocycles. The van der Waals surface area contributed by atoms with Crippen LogP contribution in [0.25, 0.3) is 0 Å². The summed E-state index contributed by atoms with van der Waals surface area (Å²) < 4.78 is 5.01. The van der Waals surface area contributed by atoms with Crippen LogP contribution in [0, 0.1) is 0 Å². The SMILES string of the molecule is COC(=O)C(C)(CCN1CCCCCCC1)NC1CC1. The fraction of sp³-hybridized carbons (Fsp3) is 0.938. The molecular formula is C16H30N2O2. The van der Waals surface area contributed by atoms with Crippen LogP contribution in [0.5, 0.6) is 0 Å². The molecule has 1 aliphatic heterocycles. The zero-order valence-electron chi connectivity index (χ0n) is 13.1. The number of hydrogen-bond donors (Lipinski definition) is 1. The molecule has 1 saturated carbocycles. The number of carbonyl (C=O) groups excluding carboxylic acids is 1. The van der Waals surface area contributed by atoms with Gasteiger partial charge in [0.05, 0.1) is 7.11 Å². The third-order valence-corrected chi connectivity index (χ3v) is 4.61. The molecule has 116 valence electrons. The van der Waals surface area contributed by atoms with Gasteiger partial charge in [-0.15, -0.1) is 0 Å². The fourth-order valence-corrected chi connectivity index (χ4v) is 3.05. The second-order valence-corrected chi connectivity index (χ2v) is 6.60. The molecule has 0 bridgehead atoms. The van der Waals surface area contributed by atoms with Gasteiger partial charge in [0.1, 0.15) is 5.54 Å². The van der Waals surface area contributed by atoms with Crippen molar-refractivity contribution in [3.63, 3.8) is 0 Å². The molecule has 0 radical (unpaired) electrons. The number of ether oxygens (including phenoxy) is 1. The number of likely N-dealkylation sites (tertiary alicyclic amines) is 1. The second-order valence-electron chi connectivity index (χ2n) is 6.60. The van der Waals surface area contributed by atoms with Crippen molar-refractivity contribution in [2.24, 2.45) is 0 Å². The molecule has 0 spiro atoms. The van der Waals surface area contributed by atoms with Crippen molar-refractivity contribution in [3.8, 4) is 0 Å². The molecule has 1 heterocycles. The highest BCUT2D eigenvalue weighted by Crippen LogP contribution is 2.25. The summed E-state index contributed by atoms with van der Waals surface area (Å²) in [6.45, 7) is 5.36. The van der Waals surface area contributed by atoms with E-state index in [0.29, 0.717) is 6.04 Å². The minimum absolute atomic E-state index is 0.114. The van der Waals surface area contributed by atoms with Gasteiger partial charge in [-0.25, -0.2) is 0 Å². The predicted octanol–water partition coefficient (Wildman–Crippen LogP) is 2.33. The molecule has 0 aromatic heterocycles. The first-order valence-electron chi connectivity index (χ1n) is 8.22. The van der Waals surface area contributed by atoms with Crippen LogP contribution in [0.15, 0.2) is 0 Å². The van der Waals surface area contributed by atoms with Gasteiger partial charge in [0.15, 0.2) is 0 Å². The molecule has 0 aromatic carbocycles. The zero-order valence-corrected chi connectivity index (χ0v) is 13.1. The van der Waals surface area contributed by atoms with Gasteiger partial charge in [-0.3, -0.25) is 10.1 Å². The molecule has 0 amide bonds. The van der Waals surface area contributed by atoms with Crippen LogP contribution < -0.4 is 5.32 Å². The van der Waals surface area contributed by atoms with Gasteiger partial charge in [-0.2, -0.15) is 0 Å². The Morgan fingerprint density at radius 3 is 2.35 bits per heavy atom. The minimum atomic E-state index is -0.516. The first-order valence-corrected chi connectivity index (χ1v) is 8.22. The lowest BCUT2D eigenvalue weighted by Crippen LogP contribution is -2.53. The van der Waals surface area contributed by atoms with E-state index in [9.17, 15) is 4.79 Å². The fourth-order valence-electron chi connectivity index (χ4n) is 3.05. The van der Waals surface area contributed by atoms with E-state index < -0.39 is 5.54 Å². The smallest absolute Gasteiger partial charge is 0.325 e. The van der Waals surface area contributed by atoms with Crippen molar-refractivity contribution in [2.45, 2.75) is 69.9 Å². The summed E-state index contributed by atoms with van der Waals surface area (Å²) in [7, 11) is 1.49. The van der Waals surface area contributed by atoms with Gasteiger partial charge in [0.2, 0.25) is 0 Å². The van der Waals surface area contributed by atoms with E-state index in [-0.39, 0.29) is 5.97 Å². The maximum atomic E-state index is 12.1. The van der Waals surface area contributed by atoms with Crippen molar-refractivity contribution in [1.82, 2.24) is 10.2 Å². The van der Waals surface area contributed by atoms with Crippen LogP contribution in [-0.4, -0.2) is 49.2 Å². The first kappa shape index (κ1) is 15.8. The molecule has 1 atom stereocenters. The zero-order chi connectivity index (χ0) is 14.4. The normalized spacial score (nSPS) is 24.5. The molecular weight excluding hydrogens is 252 g/mol. The number of rotatable bonds is 6. The summed E-state index contributed by atoms with van der Waals surface area (Å²) >= 11 is 0. The summed E-state index contributed by atoms with van der Waals surface area (Å²) in [6.07, 6.45) is 9.91. The quantitative estimate of drug-likeness (QED) is 0.759. The maximum absolute atomic E-state index is 12.1. The van der Waals surface area contributed by atoms with Crippen LogP contribution in [0.3, 0.4) is 0 Å². The molecule has 4 heteroatoms. The van der Waals surface area contributed by atoms with Crippen molar-refractivity contribution in [1.29, 1.82) is 0 Å². The van der Waals surface area contributed by atoms with E-state index in [2.05, 4.69) is 10.2 Å². The van der Waals surface area contributed by atoms with Gasteiger partial charge >= 0.3 is 5.97 Å². The Bertz CT molecular complexity index is 310. The monoisotopic (exact) mass is 282 g/mol. The Hall–Kier alpha value is -0.610. The summed E-state index contributed by atoms with van der Waals surface area (Å²) in [6, 6.07) is 0.520. The first-order chi connectivity index (χ1) is 9.64. The molecule has 4 nitrogen and oxygen atoms in total. The Morgan fingerprint density at radius 1 is 1.20 bits per heavy atom. The number of nitrogens with one attached hydrogen (secondary N) is 1. The third-order valence-electron chi connectivity index (χ3n) is 4.61. The molecule has 20 heavy (non-hydrogen) atoms. The predicted molar refractivity (Wildman–Crippen MR) is 80.7 cm³/mol. The Balaban J connectivity index is 1.84. The molecule has 2 aliphatic rings. The number of carbonyl (C=O) groups is 1. The van der Waals surface area contributed by atoms with E-state index >= 15 is 0 Å². The molecule has 1 unspecified atom stereocenters. The Labute approximate surface area is 123 Å². The van der Waals surface area contributed by atoms with E-state index in [1.165, 1.54) is 65.1 Å². The molecule has 1 saturated heterocycles. The largest absolute Gasteiger partial charge is 0.468 e. The summed E-state index contributed by atoms with van der Waals surface area (Å²) in [5, 5.41) is 3.48. The minimum Gasteiger partial charge on any atom is -0.468 e. The lowest BCUT2D eigenvalue weighted by Gasteiger charge is -2.32. The molecule has 2 fully saturated rings. The van der Waals surface area contributed by atoms with E-state index in [1.807, 2.05) is 6.92 Å². The third kappa shape index (κ3) is 4.74. The molecule has 0 aromatic rings. The lowest BCUT2D eigenvalue weighted by molar-refractivity contribution is -0.148. The van der Waals surface area contributed by atoms with E-state index in [4.69, 9.17) is 4.74 Å². The van der Waals surface area contributed by atoms with Gasteiger partial charge in [0.25, 0.3) is 0 Å². The number of nitrogens with zero attached hydrogens (tertiary/aromatic N) is 1. The average molecular weight is 282 g/mol. The molecule has 1 N–H and O–H groups in total. The van der Waals surface area contributed by atoms with Crippen LogP contribution in [0.4, 0.5) is 0 Å². The topological polar surface area (TPSA) is 41.6 Å². The summed E-state index contributed by atoms with van der Waals surface area (Å²) in [4.78, 5) is 14.6. The maximum Gasteiger partial charge on any atom is 0.325 e. The van der Waals surface area contributed by atoms with Gasteiger partial charge < -0.3 is 9.64 Å². The van der Waals surface area contributed by atoms with Gasteiger partial charge in [-0.1, -0.05) is 19.3 Å². The van der Waals surface area contributed by atoms with Crippen molar-refractivity contribution in [2.75, 3.05) is 26.7 Å². The number of esters is 1. The van der Waals surface area contributed by atoms with Gasteiger partial charge in [-0.05, 0) is 52.1 Å². The van der Waals surface area contributed by atoms with E-state index in [1.54, 1.807) is 0 Å². The van der Waals surface area contributed by atoms with E-state index in [0.717, 1.165) is 13.0 Å². The van der Waals surface area contributed by atoms with Crippen LogP contribution >= 0.6 is 0 Å². The standard InChI is InChI=1S/C16H30N2O2/c1-16(15(19)20-2,17-14-8-9-14)10-13-18-11-6-4-3-5-7-12-18/h14,17H,3-13H2,1-2H3. The van der Waals surface area contributed by atoms with Crippen molar-refractivity contribution >= 4 is 5.97 Å². The second kappa shape index (κ2) is 7.41. The highest BCUT2D eigenvalue weighted by atomic mass is 16.5. The molecule has 2 rings (SSSR count). The lowest BCUT2D eigenvalue weighted by atomic mass is 9.96. The van der Waals surface area contributed by atoms with Crippen molar-refractivity contribution in [3.05, 3.63) is 0 Å². The van der Waals surface area contributed by atoms with Crippen LogP contribution in [-0.2, 0) is 9.53 Å². The number of hydrogen-bond acceptors (Lipinski definition) is 4. The average Bonchev–Trinajstić information content (AvgIpc) is 3.20. The van der Waals surface area contributed by atoms with Crippen molar-refractivity contribution < 1.29 is 9.53 Å². The van der Waals surface area contributed by atoms with Gasteiger partial charge in [0, 0.05) is 12.6 Å². The highest BCUT2D eigenvalue weighted by molar-refractivity contribution is 5.80. The summed E-state index contributed by atoms with van der Waals surface area (Å²) in [5.74, 6) is -0.114. The summed E-state index contributed by atoms with van der Waals surface area (Å²) in [5.41, 5.74) is -0.516. The van der Waals surface area contributed by atoms with Crippen LogP contribution in [0.1, 0.15) is 58.3 Å². The van der Waals surface area contributed by atoms with Crippen LogP contribution in [0.2, 0.25) is 0 Å². The Kier molecular flexibility index (Phi) is 5.85. The number of methoxy groups -OCH3 is 1. The highest BCUT2D eigenvalue weighted by Gasteiger charge is 2.39.